The average Bonchev–Trinajstić information content (AvgIpc) is 2.29. The molecule has 1 aromatic rings. The number of hydrogen-bond donors (Lipinski definition) is 2. The summed E-state index contributed by atoms with van der Waals surface area (Å²) in [7, 11) is 3.79. The van der Waals surface area contributed by atoms with Crippen LogP contribution in [0.5, 0.6) is 0 Å². The Morgan fingerprint density at radius 2 is 2.06 bits per heavy atom. The molecule has 1 fully saturated rings. The van der Waals surface area contributed by atoms with Gasteiger partial charge in [0.05, 0.1) is 0 Å². The first-order valence-electron chi connectivity index (χ1n) is 5.66. The Labute approximate surface area is 94.9 Å². The Morgan fingerprint density at radius 1 is 1.38 bits per heavy atom. The SMILES string of the molecule is CN(C)c1cc(=O)[nH]c(C2CCNCC2)n1. The summed E-state index contributed by atoms with van der Waals surface area (Å²) in [6, 6.07) is 1.53. The fraction of sp³-hybridized carbons (Fsp3) is 0.636. The maximum Gasteiger partial charge on any atom is 0.252 e. The van der Waals surface area contributed by atoms with Gasteiger partial charge in [0.25, 0.3) is 5.56 Å². The first kappa shape index (κ1) is 11.1. The number of anilines is 1. The minimum Gasteiger partial charge on any atom is -0.363 e. The third-order valence-electron chi connectivity index (χ3n) is 2.93. The van der Waals surface area contributed by atoms with E-state index < -0.39 is 0 Å². The Balaban J connectivity index is 2.29. The van der Waals surface area contributed by atoms with Crippen molar-refractivity contribution in [3.05, 3.63) is 22.2 Å². The lowest BCUT2D eigenvalue weighted by molar-refractivity contribution is 0.444. The van der Waals surface area contributed by atoms with Crippen LogP contribution < -0.4 is 15.8 Å². The molecular weight excluding hydrogens is 204 g/mol. The normalized spacial score (nSPS) is 17.4. The van der Waals surface area contributed by atoms with Gasteiger partial charge in [0.1, 0.15) is 11.6 Å². The molecule has 0 atom stereocenters. The molecule has 1 aliphatic rings. The van der Waals surface area contributed by atoms with Gasteiger partial charge in [-0.05, 0) is 25.9 Å². The number of hydrogen-bond acceptors (Lipinski definition) is 4. The summed E-state index contributed by atoms with van der Waals surface area (Å²) in [5, 5.41) is 3.31. The first-order chi connectivity index (χ1) is 7.66. The maximum absolute atomic E-state index is 11.5. The van der Waals surface area contributed by atoms with Crippen LogP contribution in [0.3, 0.4) is 0 Å². The molecule has 2 rings (SSSR count). The Bertz CT molecular complexity index is 407. The molecule has 1 aromatic heterocycles. The first-order valence-corrected chi connectivity index (χ1v) is 5.66. The molecule has 0 aromatic carbocycles. The van der Waals surface area contributed by atoms with Crippen LogP contribution in [0.4, 0.5) is 5.82 Å². The summed E-state index contributed by atoms with van der Waals surface area (Å²) < 4.78 is 0. The Kier molecular flexibility index (Phi) is 3.24. The number of nitrogens with zero attached hydrogens (tertiary/aromatic N) is 2. The molecule has 1 aliphatic heterocycles. The topological polar surface area (TPSA) is 61.0 Å². The summed E-state index contributed by atoms with van der Waals surface area (Å²) in [6.45, 7) is 2.00. The predicted octanol–water partition coefficient (Wildman–Crippen LogP) is 0.303. The fourth-order valence-electron chi connectivity index (χ4n) is 1.98. The molecule has 0 bridgehead atoms. The number of aromatic amines is 1. The van der Waals surface area contributed by atoms with Gasteiger partial charge in [-0.25, -0.2) is 4.98 Å². The van der Waals surface area contributed by atoms with Crippen molar-refractivity contribution in [2.75, 3.05) is 32.1 Å². The van der Waals surface area contributed by atoms with E-state index in [4.69, 9.17) is 0 Å². The summed E-state index contributed by atoms with van der Waals surface area (Å²) in [5.74, 6) is 1.95. The number of nitrogens with one attached hydrogen (secondary N) is 2. The van der Waals surface area contributed by atoms with Crippen LogP contribution >= 0.6 is 0 Å². The summed E-state index contributed by atoms with van der Waals surface area (Å²) in [6.07, 6.45) is 2.08. The number of rotatable bonds is 2. The van der Waals surface area contributed by atoms with E-state index in [1.54, 1.807) is 0 Å². The largest absolute Gasteiger partial charge is 0.363 e. The number of piperidine rings is 1. The highest BCUT2D eigenvalue weighted by molar-refractivity contribution is 5.35. The molecule has 0 spiro atoms. The van der Waals surface area contributed by atoms with E-state index in [0.29, 0.717) is 5.92 Å². The average molecular weight is 222 g/mol. The van der Waals surface area contributed by atoms with Crippen molar-refractivity contribution in [2.24, 2.45) is 0 Å². The molecule has 0 saturated carbocycles. The molecular formula is C11H18N4O. The second kappa shape index (κ2) is 4.65. The molecule has 16 heavy (non-hydrogen) atoms. The van der Waals surface area contributed by atoms with Crippen molar-refractivity contribution >= 4 is 5.82 Å². The van der Waals surface area contributed by atoms with E-state index in [0.717, 1.165) is 37.6 Å². The predicted molar refractivity (Wildman–Crippen MR) is 64.0 cm³/mol. The van der Waals surface area contributed by atoms with Crippen LogP contribution in [0.25, 0.3) is 0 Å². The van der Waals surface area contributed by atoms with Gasteiger partial charge < -0.3 is 15.2 Å². The van der Waals surface area contributed by atoms with E-state index in [-0.39, 0.29) is 5.56 Å². The van der Waals surface area contributed by atoms with Crippen LogP contribution in [0, 0.1) is 0 Å². The zero-order chi connectivity index (χ0) is 11.5. The molecule has 0 radical (unpaired) electrons. The molecule has 1 saturated heterocycles. The van der Waals surface area contributed by atoms with Crippen LogP contribution in [0.1, 0.15) is 24.6 Å². The lowest BCUT2D eigenvalue weighted by atomic mass is 9.97. The van der Waals surface area contributed by atoms with E-state index in [1.807, 2.05) is 19.0 Å². The molecule has 0 amide bonds. The summed E-state index contributed by atoms with van der Waals surface area (Å²) >= 11 is 0. The smallest absolute Gasteiger partial charge is 0.252 e. The van der Waals surface area contributed by atoms with Crippen molar-refractivity contribution in [3.63, 3.8) is 0 Å². The minimum atomic E-state index is -0.0627. The van der Waals surface area contributed by atoms with E-state index in [9.17, 15) is 4.79 Å². The maximum atomic E-state index is 11.5. The van der Waals surface area contributed by atoms with E-state index in [1.165, 1.54) is 6.07 Å². The van der Waals surface area contributed by atoms with Gasteiger partial charge in [-0.15, -0.1) is 0 Å². The molecule has 88 valence electrons. The van der Waals surface area contributed by atoms with E-state index >= 15 is 0 Å². The highest BCUT2D eigenvalue weighted by atomic mass is 16.1. The lowest BCUT2D eigenvalue weighted by Crippen LogP contribution is -2.29. The lowest BCUT2D eigenvalue weighted by Gasteiger charge is -2.22. The fourth-order valence-corrected chi connectivity index (χ4v) is 1.98. The molecule has 2 N–H and O–H groups in total. The molecule has 0 aliphatic carbocycles. The molecule has 5 nitrogen and oxygen atoms in total. The van der Waals surface area contributed by atoms with Crippen molar-refractivity contribution < 1.29 is 0 Å². The van der Waals surface area contributed by atoms with E-state index in [2.05, 4.69) is 15.3 Å². The van der Waals surface area contributed by atoms with Gasteiger partial charge in [-0.1, -0.05) is 0 Å². The molecule has 0 unspecified atom stereocenters. The summed E-state index contributed by atoms with van der Waals surface area (Å²) in [4.78, 5) is 20.7. The van der Waals surface area contributed by atoms with Crippen LogP contribution in [0.15, 0.2) is 10.9 Å². The highest BCUT2D eigenvalue weighted by Gasteiger charge is 2.18. The summed E-state index contributed by atoms with van der Waals surface area (Å²) in [5.41, 5.74) is -0.0627. The quantitative estimate of drug-likeness (QED) is 0.755. The third-order valence-corrected chi connectivity index (χ3v) is 2.93. The second-order valence-corrected chi connectivity index (χ2v) is 4.41. The van der Waals surface area contributed by atoms with Crippen LogP contribution in [0.2, 0.25) is 0 Å². The highest BCUT2D eigenvalue weighted by Crippen LogP contribution is 2.22. The zero-order valence-electron chi connectivity index (χ0n) is 9.79. The number of aromatic nitrogens is 2. The standard InChI is InChI=1S/C11H18N4O/c1-15(2)9-7-10(16)14-11(13-9)8-3-5-12-6-4-8/h7-8,12H,3-6H2,1-2H3,(H,13,14,16). The van der Waals surface area contributed by atoms with Gasteiger partial charge in [0.15, 0.2) is 0 Å². The minimum absolute atomic E-state index is 0.0627. The van der Waals surface area contributed by atoms with Crippen molar-refractivity contribution in [2.45, 2.75) is 18.8 Å². The Morgan fingerprint density at radius 3 is 2.69 bits per heavy atom. The number of H-pyrrole nitrogens is 1. The van der Waals surface area contributed by atoms with Crippen LogP contribution in [-0.4, -0.2) is 37.2 Å². The van der Waals surface area contributed by atoms with Crippen molar-refractivity contribution in [1.29, 1.82) is 0 Å². The van der Waals surface area contributed by atoms with Gasteiger partial charge in [-0.2, -0.15) is 0 Å². The van der Waals surface area contributed by atoms with Crippen molar-refractivity contribution in [3.8, 4) is 0 Å². The van der Waals surface area contributed by atoms with Gasteiger partial charge in [-0.3, -0.25) is 4.79 Å². The second-order valence-electron chi connectivity index (χ2n) is 4.41. The van der Waals surface area contributed by atoms with Crippen LogP contribution in [-0.2, 0) is 0 Å². The molecule has 5 heteroatoms. The van der Waals surface area contributed by atoms with Gasteiger partial charge in [0.2, 0.25) is 0 Å². The van der Waals surface area contributed by atoms with Crippen molar-refractivity contribution in [1.82, 2.24) is 15.3 Å². The Hall–Kier alpha value is -1.36. The van der Waals surface area contributed by atoms with Gasteiger partial charge >= 0.3 is 0 Å². The zero-order valence-corrected chi connectivity index (χ0v) is 9.79. The third kappa shape index (κ3) is 2.41. The van der Waals surface area contributed by atoms with Gasteiger partial charge in [0, 0.05) is 26.1 Å². The monoisotopic (exact) mass is 222 g/mol. The molecule has 2 heterocycles.